The fourth-order valence-corrected chi connectivity index (χ4v) is 5.06. The number of rotatable bonds is 11. The van der Waals surface area contributed by atoms with Crippen LogP contribution in [0.15, 0.2) is 29.6 Å². The van der Waals surface area contributed by atoms with Crippen LogP contribution < -0.4 is 14.8 Å². The number of ether oxygens (including phenoxy) is 4. The molecule has 1 N–H and O–H groups in total. The highest BCUT2D eigenvalue weighted by molar-refractivity contribution is 7.10. The number of thiophene rings is 1. The molecule has 180 valence electrons. The highest BCUT2D eigenvalue weighted by Gasteiger charge is 2.44. The average molecular weight is 477 g/mol. The maximum Gasteiger partial charge on any atom is 0.254 e. The molecule has 1 aliphatic heterocycles. The number of fused-ring (bicyclic) bond motifs is 1. The van der Waals surface area contributed by atoms with Gasteiger partial charge in [0.2, 0.25) is 5.91 Å². The zero-order valence-electron chi connectivity index (χ0n) is 19.8. The summed E-state index contributed by atoms with van der Waals surface area (Å²) in [6.07, 6.45) is 0.151. The van der Waals surface area contributed by atoms with E-state index in [1.165, 1.54) is 25.6 Å². The molecular formula is C24H32N2O6S. The molecule has 8 nitrogen and oxygen atoms in total. The van der Waals surface area contributed by atoms with Gasteiger partial charge in [-0.05, 0) is 43.0 Å². The molecule has 33 heavy (non-hydrogen) atoms. The second-order valence-corrected chi connectivity index (χ2v) is 8.55. The van der Waals surface area contributed by atoms with E-state index in [1.807, 2.05) is 31.4 Å². The molecule has 0 aliphatic carbocycles. The van der Waals surface area contributed by atoms with Gasteiger partial charge in [0.25, 0.3) is 5.91 Å². The van der Waals surface area contributed by atoms with Crippen LogP contribution in [0.25, 0.3) is 0 Å². The monoisotopic (exact) mass is 476 g/mol. The summed E-state index contributed by atoms with van der Waals surface area (Å²) in [6.45, 7) is 5.26. The fraction of sp³-hybridized carbons (Fsp3) is 0.500. The molecule has 2 atom stereocenters. The van der Waals surface area contributed by atoms with Gasteiger partial charge in [-0.3, -0.25) is 9.59 Å². The first-order valence-corrected chi connectivity index (χ1v) is 11.9. The summed E-state index contributed by atoms with van der Waals surface area (Å²) in [5.41, 5.74) is 1.06. The molecule has 3 rings (SSSR count). The number of nitrogens with zero attached hydrogens (tertiary/aromatic N) is 1. The molecule has 0 radical (unpaired) electrons. The molecule has 2 heterocycles. The first kappa shape index (κ1) is 25.0. The van der Waals surface area contributed by atoms with E-state index >= 15 is 0 Å². The Morgan fingerprint density at radius 3 is 2.39 bits per heavy atom. The minimum absolute atomic E-state index is 0.166. The summed E-state index contributed by atoms with van der Waals surface area (Å²) < 4.78 is 22.0. The number of nitrogens with one attached hydrogen (secondary N) is 1. The lowest BCUT2D eigenvalue weighted by Gasteiger charge is -2.39. The second kappa shape index (κ2) is 11.5. The molecule has 1 aliphatic rings. The number of carbonyl (C=O) groups excluding carboxylic acids is 2. The Hall–Kier alpha value is -2.62. The molecule has 2 amide bonds. The Kier molecular flexibility index (Phi) is 8.71. The normalized spacial score (nSPS) is 17.8. The first-order chi connectivity index (χ1) is 16.0. The van der Waals surface area contributed by atoms with E-state index in [1.54, 1.807) is 24.1 Å². The first-order valence-electron chi connectivity index (χ1n) is 11.0. The van der Waals surface area contributed by atoms with Crippen molar-refractivity contribution in [1.82, 2.24) is 10.2 Å². The minimum atomic E-state index is -0.612. The highest BCUT2D eigenvalue weighted by atomic mass is 32.1. The molecule has 1 aromatic carbocycles. The van der Waals surface area contributed by atoms with Crippen molar-refractivity contribution in [3.63, 3.8) is 0 Å². The smallest absolute Gasteiger partial charge is 0.254 e. The summed E-state index contributed by atoms with van der Waals surface area (Å²) in [7, 11) is 4.79. The Labute approximate surface area is 198 Å². The van der Waals surface area contributed by atoms with Gasteiger partial charge >= 0.3 is 0 Å². The lowest BCUT2D eigenvalue weighted by Crippen LogP contribution is -2.45. The largest absolute Gasteiger partial charge is 0.493 e. The van der Waals surface area contributed by atoms with Crippen molar-refractivity contribution in [3.05, 3.63) is 45.6 Å². The topological polar surface area (TPSA) is 86.3 Å². The van der Waals surface area contributed by atoms with E-state index in [0.29, 0.717) is 48.8 Å². The Morgan fingerprint density at radius 1 is 1.15 bits per heavy atom. The van der Waals surface area contributed by atoms with Gasteiger partial charge in [-0.25, -0.2) is 0 Å². The number of methoxy groups -OCH3 is 2. The summed E-state index contributed by atoms with van der Waals surface area (Å²) in [4.78, 5) is 29.4. The van der Waals surface area contributed by atoms with E-state index in [9.17, 15) is 9.59 Å². The maximum atomic E-state index is 13.6. The van der Waals surface area contributed by atoms with Crippen LogP contribution in [0.5, 0.6) is 11.5 Å². The van der Waals surface area contributed by atoms with Crippen molar-refractivity contribution in [2.24, 2.45) is 0 Å². The number of carbonyl (C=O) groups is 2. The molecule has 1 aromatic heterocycles. The zero-order valence-corrected chi connectivity index (χ0v) is 20.6. The SMILES string of the molecule is CCOC(CCNC(=O)[C@@H]1c2cc(OC)c(OC)cc2C(=O)N(C)[C@@H]1c1cccs1)OCC. The lowest BCUT2D eigenvalue weighted by atomic mass is 9.81. The van der Waals surface area contributed by atoms with Crippen molar-refractivity contribution in [2.75, 3.05) is 41.0 Å². The van der Waals surface area contributed by atoms with Gasteiger partial charge in [-0.1, -0.05) is 6.07 Å². The number of hydrogen-bond acceptors (Lipinski definition) is 7. The predicted molar refractivity (Wildman–Crippen MR) is 126 cm³/mol. The van der Waals surface area contributed by atoms with E-state index in [4.69, 9.17) is 18.9 Å². The highest BCUT2D eigenvalue weighted by Crippen LogP contribution is 2.46. The van der Waals surface area contributed by atoms with Crippen LogP contribution in [0.1, 0.15) is 53.0 Å². The van der Waals surface area contributed by atoms with Gasteiger partial charge in [0.15, 0.2) is 17.8 Å². The summed E-state index contributed by atoms with van der Waals surface area (Å²) >= 11 is 1.52. The van der Waals surface area contributed by atoms with Crippen LogP contribution in [0.3, 0.4) is 0 Å². The van der Waals surface area contributed by atoms with E-state index in [2.05, 4.69) is 5.32 Å². The van der Waals surface area contributed by atoms with Gasteiger partial charge < -0.3 is 29.2 Å². The fourth-order valence-electron chi connectivity index (χ4n) is 4.16. The van der Waals surface area contributed by atoms with Crippen LogP contribution in [0, 0.1) is 0 Å². The number of likely N-dealkylation sites (N-methyl/N-ethyl adjacent to an activating group) is 1. The van der Waals surface area contributed by atoms with Gasteiger partial charge in [0.05, 0.1) is 26.2 Å². The molecule has 0 fully saturated rings. The van der Waals surface area contributed by atoms with Gasteiger partial charge in [-0.15, -0.1) is 11.3 Å². The van der Waals surface area contributed by atoms with Crippen LogP contribution in [-0.4, -0.2) is 64.0 Å². The van der Waals surface area contributed by atoms with Crippen LogP contribution >= 0.6 is 11.3 Å². The maximum absolute atomic E-state index is 13.6. The standard InChI is InChI=1S/C24H32N2O6S/c1-6-31-20(32-7-2)10-11-25-23(27)21-15-13-17(29-4)18(30-5)14-16(15)24(28)26(3)22(21)19-9-8-12-33-19/h8-9,12-14,20-22H,6-7,10-11H2,1-5H3,(H,25,27)/t21-,22-/m1/s1. The third-order valence-corrected chi connectivity index (χ3v) is 6.62. The van der Waals surface area contributed by atoms with Crippen LogP contribution in [-0.2, 0) is 14.3 Å². The number of amides is 2. The van der Waals surface area contributed by atoms with E-state index in [0.717, 1.165) is 4.88 Å². The molecule has 0 bridgehead atoms. The van der Waals surface area contributed by atoms with Crippen LogP contribution in [0.2, 0.25) is 0 Å². The lowest BCUT2D eigenvalue weighted by molar-refractivity contribution is -0.140. The predicted octanol–water partition coefficient (Wildman–Crippen LogP) is 3.58. The van der Waals surface area contributed by atoms with E-state index < -0.39 is 12.0 Å². The Balaban J connectivity index is 1.95. The second-order valence-electron chi connectivity index (χ2n) is 7.57. The molecule has 2 aromatic rings. The van der Waals surface area contributed by atoms with Crippen molar-refractivity contribution in [2.45, 2.75) is 38.5 Å². The molecule has 0 saturated carbocycles. The van der Waals surface area contributed by atoms with Crippen molar-refractivity contribution in [3.8, 4) is 11.5 Å². The molecule has 0 saturated heterocycles. The quantitative estimate of drug-likeness (QED) is 0.499. The van der Waals surface area contributed by atoms with Gasteiger partial charge in [-0.2, -0.15) is 0 Å². The van der Waals surface area contributed by atoms with Crippen molar-refractivity contribution < 1.29 is 28.5 Å². The third kappa shape index (κ3) is 5.31. The number of benzene rings is 1. The van der Waals surface area contributed by atoms with Crippen molar-refractivity contribution in [1.29, 1.82) is 0 Å². The number of hydrogen-bond donors (Lipinski definition) is 1. The van der Waals surface area contributed by atoms with Gasteiger partial charge in [0, 0.05) is 43.7 Å². The van der Waals surface area contributed by atoms with Crippen molar-refractivity contribution >= 4 is 23.2 Å². The van der Waals surface area contributed by atoms with E-state index in [-0.39, 0.29) is 18.1 Å². The third-order valence-electron chi connectivity index (χ3n) is 5.68. The minimum Gasteiger partial charge on any atom is -0.493 e. The average Bonchev–Trinajstić information content (AvgIpc) is 3.35. The summed E-state index contributed by atoms with van der Waals surface area (Å²) in [5, 5.41) is 4.98. The van der Waals surface area contributed by atoms with Crippen LogP contribution in [0.4, 0.5) is 0 Å². The summed E-state index contributed by atoms with van der Waals surface area (Å²) in [5.74, 6) is -0.0278. The molecular weight excluding hydrogens is 444 g/mol. The van der Waals surface area contributed by atoms with Gasteiger partial charge in [0.1, 0.15) is 0 Å². The molecule has 9 heteroatoms. The molecule has 0 spiro atoms. The molecule has 0 unspecified atom stereocenters. The Morgan fingerprint density at radius 2 is 1.82 bits per heavy atom. The Bertz CT molecular complexity index is 943. The zero-order chi connectivity index (χ0) is 24.0. The summed E-state index contributed by atoms with van der Waals surface area (Å²) in [6, 6.07) is 6.83.